The fraction of sp³-hybridized carbons (Fsp3) is 0.400. The summed E-state index contributed by atoms with van der Waals surface area (Å²) < 4.78 is 4.91. The van der Waals surface area contributed by atoms with Gasteiger partial charge in [0.05, 0.1) is 11.3 Å². The molecule has 1 rings (SSSR count). The average molecular weight is 242 g/mol. The largest absolute Gasteiger partial charge is 0.478 e. The molecule has 1 heterocycles. The number of hydrogen-bond donors (Lipinski definition) is 2. The summed E-state index contributed by atoms with van der Waals surface area (Å²) in [5, 5.41) is 9.43. The first-order valence-electron chi connectivity index (χ1n) is 4.76. The van der Waals surface area contributed by atoms with Crippen LogP contribution in [-0.4, -0.2) is 35.5 Å². The quantitative estimate of drug-likeness (QED) is 0.580. The van der Waals surface area contributed by atoms with Gasteiger partial charge >= 0.3 is 5.97 Å². The minimum Gasteiger partial charge on any atom is -0.478 e. The first-order chi connectivity index (χ1) is 7.66. The Labute approximate surface area is 98.0 Å². The van der Waals surface area contributed by atoms with Crippen molar-refractivity contribution in [3.63, 3.8) is 0 Å². The number of carboxylic acid groups (broad SMARTS) is 1. The lowest BCUT2D eigenvalue weighted by Crippen LogP contribution is -2.05. The van der Waals surface area contributed by atoms with E-state index >= 15 is 0 Å². The summed E-state index contributed by atoms with van der Waals surface area (Å²) in [7, 11) is 1.64. The molecular weight excluding hydrogens is 228 g/mol. The number of aromatic carboxylic acids is 1. The molecule has 0 saturated carbocycles. The van der Waals surface area contributed by atoms with Crippen molar-refractivity contribution in [3.8, 4) is 0 Å². The highest BCUT2D eigenvalue weighted by Crippen LogP contribution is 2.25. The van der Waals surface area contributed by atoms with Gasteiger partial charge in [0.25, 0.3) is 0 Å². The molecular formula is C10H14N2O3S. The maximum absolute atomic E-state index is 10.8. The zero-order chi connectivity index (χ0) is 12.0. The molecule has 0 amide bonds. The Morgan fingerprint density at radius 1 is 1.69 bits per heavy atom. The van der Waals surface area contributed by atoms with Crippen LogP contribution in [-0.2, 0) is 4.74 Å². The highest BCUT2D eigenvalue weighted by Gasteiger charge is 2.12. The highest BCUT2D eigenvalue weighted by molar-refractivity contribution is 7.99. The zero-order valence-corrected chi connectivity index (χ0v) is 9.79. The van der Waals surface area contributed by atoms with Crippen molar-refractivity contribution in [2.45, 2.75) is 11.4 Å². The minimum atomic E-state index is -1.03. The van der Waals surface area contributed by atoms with Crippen LogP contribution in [0, 0.1) is 0 Å². The second-order valence-electron chi connectivity index (χ2n) is 3.08. The van der Waals surface area contributed by atoms with Gasteiger partial charge in [0.1, 0.15) is 5.03 Å². The summed E-state index contributed by atoms with van der Waals surface area (Å²) in [6.07, 6.45) is 2.33. The molecule has 0 atom stereocenters. The molecule has 16 heavy (non-hydrogen) atoms. The summed E-state index contributed by atoms with van der Waals surface area (Å²) in [6.45, 7) is 0.672. The standard InChI is InChI=1S/C10H14N2O3S/c1-15-5-2-6-16-9-8(11)7(10(13)14)3-4-12-9/h3-4H,2,5-6,11H2,1H3,(H,13,14). The number of pyridine rings is 1. The SMILES string of the molecule is COCCCSc1nccc(C(=O)O)c1N. The smallest absolute Gasteiger partial charge is 0.337 e. The number of hydrogen-bond acceptors (Lipinski definition) is 5. The Kier molecular flexibility index (Phi) is 5.07. The van der Waals surface area contributed by atoms with Crippen molar-refractivity contribution in [2.24, 2.45) is 0 Å². The monoisotopic (exact) mass is 242 g/mol. The third-order valence-electron chi connectivity index (χ3n) is 1.92. The van der Waals surface area contributed by atoms with Crippen molar-refractivity contribution in [1.29, 1.82) is 0 Å². The van der Waals surface area contributed by atoms with Gasteiger partial charge in [-0.2, -0.15) is 0 Å². The van der Waals surface area contributed by atoms with E-state index in [1.54, 1.807) is 7.11 Å². The molecule has 0 spiro atoms. The molecule has 0 aliphatic heterocycles. The molecule has 1 aromatic heterocycles. The molecule has 0 unspecified atom stereocenters. The lowest BCUT2D eigenvalue weighted by atomic mass is 10.2. The van der Waals surface area contributed by atoms with Gasteiger partial charge in [-0.3, -0.25) is 0 Å². The predicted octanol–water partition coefficient (Wildman–Crippen LogP) is 1.49. The van der Waals surface area contributed by atoms with Gasteiger partial charge < -0.3 is 15.6 Å². The maximum atomic E-state index is 10.8. The molecule has 3 N–H and O–H groups in total. The number of nitrogens with zero attached hydrogens (tertiary/aromatic N) is 1. The lowest BCUT2D eigenvalue weighted by Gasteiger charge is -2.06. The second kappa shape index (κ2) is 6.34. The van der Waals surface area contributed by atoms with Crippen molar-refractivity contribution < 1.29 is 14.6 Å². The third-order valence-corrected chi connectivity index (χ3v) is 3.01. The van der Waals surface area contributed by atoms with E-state index in [9.17, 15) is 4.79 Å². The van der Waals surface area contributed by atoms with E-state index in [0.29, 0.717) is 11.6 Å². The Morgan fingerprint density at radius 3 is 3.06 bits per heavy atom. The van der Waals surface area contributed by atoms with Crippen LogP contribution in [0.25, 0.3) is 0 Å². The van der Waals surface area contributed by atoms with Crippen LogP contribution in [0.2, 0.25) is 0 Å². The third kappa shape index (κ3) is 3.39. The molecule has 6 heteroatoms. The Balaban J connectivity index is 2.66. The average Bonchev–Trinajstić information content (AvgIpc) is 2.26. The van der Waals surface area contributed by atoms with E-state index in [2.05, 4.69) is 4.98 Å². The van der Waals surface area contributed by atoms with Crippen molar-refractivity contribution in [3.05, 3.63) is 17.8 Å². The number of nitrogen functional groups attached to an aromatic ring is 1. The highest BCUT2D eigenvalue weighted by atomic mass is 32.2. The van der Waals surface area contributed by atoms with Gasteiger partial charge in [0.15, 0.2) is 0 Å². The van der Waals surface area contributed by atoms with Gasteiger partial charge in [-0.25, -0.2) is 9.78 Å². The van der Waals surface area contributed by atoms with Crippen LogP contribution < -0.4 is 5.73 Å². The van der Waals surface area contributed by atoms with Gasteiger partial charge in [-0.1, -0.05) is 0 Å². The normalized spacial score (nSPS) is 10.3. The van der Waals surface area contributed by atoms with Gasteiger partial charge in [0, 0.05) is 25.7 Å². The fourth-order valence-electron chi connectivity index (χ4n) is 1.13. The van der Waals surface area contributed by atoms with Crippen LogP contribution in [0.1, 0.15) is 16.8 Å². The number of ether oxygens (including phenoxy) is 1. The molecule has 1 aromatic rings. The van der Waals surface area contributed by atoms with Crippen LogP contribution in [0.5, 0.6) is 0 Å². The van der Waals surface area contributed by atoms with Crippen LogP contribution in [0.3, 0.4) is 0 Å². The Bertz CT molecular complexity index is 371. The lowest BCUT2D eigenvalue weighted by molar-refractivity contribution is 0.0697. The van der Waals surface area contributed by atoms with Crippen molar-refractivity contribution >= 4 is 23.4 Å². The van der Waals surface area contributed by atoms with Crippen LogP contribution >= 0.6 is 11.8 Å². The number of aromatic nitrogens is 1. The van der Waals surface area contributed by atoms with E-state index in [1.165, 1.54) is 24.0 Å². The Morgan fingerprint density at radius 2 is 2.44 bits per heavy atom. The van der Waals surface area contributed by atoms with E-state index in [1.807, 2.05) is 0 Å². The van der Waals surface area contributed by atoms with Gasteiger partial charge in [-0.05, 0) is 12.5 Å². The number of thioether (sulfide) groups is 1. The number of nitrogens with two attached hydrogens (primary N) is 1. The van der Waals surface area contributed by atoms with Crippen molar-refractivity contribution in [1.82, 2.24) is 4.98 Å². The number of carboxylic acids is 1. The minimum absolute atomic E-state index is 0.101. The fourth-order valence-corrected chi connectivity index (χ4v) is 1.98. The molecule has 0 aliphatic rings. The van der Waals surface area contributed by atoms with E-state index in [4.69, 9.17) is 15.6 Å². The van der Waals surface area contributed by atoms with E-state index in [-0.39, 0.29) is 11.3 Å². The maximum Gasteiger partial charge on any atom is 0.337 e. The Hall–Kier alpha value is -1.27. The van der Waals surface area contributed by atoms with Crippen molar-refractivity contribution in [2.75, 3.05) is 25.2 Å². The summed E-state index contributed by atoms with van der Waals surface area (Å²) >= 11 is 1.44. The number of anilines is 1. The molecule has 0 saturated heterocycles. The van der Waals surface area contributed by atoms with Crippen LogP contribution in [0.15, 0.2) is 17.3 Å². The number of methoxy groups -OCH3 is 1. The topological polar surface area (TPSA) is 85.4 Å². The number of rotatable bonds is 6. The van der Waals surface area contributed by atoms with Crippen LogP contribution in [0.4, 0.5) is 5.69 Å². The molecule has 5 nitrogen and oxygen atoms in total. The van der Waals surface area contributed by atoms with E-state index < -0.39 is 5.97 Å². The number of carbonyl (C=O) groups is 1. The zero-order valence-electron chi connectivity index (χ0n) is 8.97. The molecule has 0 aromatic carbocycles. The second-order valence-corrected chi connectivity index (χ2v) is 4.16. The molecule has 0 bridgehead atoms. The summed E-state index contributed by atoms with van der Waals surface area (Å²) in [5.74, 6) is -0.229. The van der Waals surface area contributed by atoms with Gasteiger partial charge in [0.2, 0.25) is 0 Å². The molecule has 88 valence electrons. The first kappa shape index (κ1) is 12.8. The summed E-state index contributed by atoms with van der Waals surface area (Å²) in [4.78, 5) is 14.9. The summed E-state index contributed by atoms with van der Waals surface area (Å²) in [5.41, 5.74) is 6.04. The van der Waals surface area contributed by atoms with Gasteiger partial charge in [-0.15, -0.1) is 11.8 Å². The molecule has 0 aliphatic carbocycles. The van der Waals surface area contributed by atoms with E-state index in [0.717, 1.165) is 12.2 Å². The summed E-state index contributed by atoms with van der Waals surface area (Å²) in [6, 6.07) is 1.40. The first-order valence-corrected chi connectivity index (χ1v) is 5.75. The molecule has 0 fully saturated rings. The molecule has 0 radical (unpaired) electrons. The predicted molar refractivity (Wildman–Crippen MR) is 62.8 cm³/mol.